The maximum absolute atomic E-state index is 12.9. The summed E-state index contributed by atoms with van der Waals surface area (Å²) in [6.45, 7) is 2.45. The molecule has 0 saturated heterocycles. The van der Waals surface area contributed by atoms with Crippen LogP contribution in [0.15, 0.2) is 42.5 Å². The van der Waals surface area contributed by atoms with Gasteiger partial charge in [-0.1, -0.05) is 31.9 Å². The average Bonchev–Trinajstić information content (AvgIpc) is 2.71. The topological polar surface area (TPSA) is 47.9 Å². The van der Waals surface area contributed by atoms with Gasteiger partial charge in [0.1, 0.15) is 30.8 Å². The van der Waals surface area contributed by atoms with E-state index in [1.165, 1.54) is 13.2 Å². The second-order valence-electron chi connectivity index (χ2n) is 7.13. The van der Waals surface area contributed by atoms with Gasteiger partial charge >= 0.3 is 6.18 Å². The highest BCUT2D eigenvalue weighted by molar-refractivity contribution is 5.40. The molecule has 0 spiro atoms. The molecule has 30 heavy (non-hydrogen) atoms. The van der Waals surface area contributed by atoms with Gasteiger partial charge in [0.05, 0.1) is 12.2 Å². The van der Waals surface area contributed by atoms with Crippen molar-refractivity contribution in [3.05, 3.63) is 59.2 Å². The molecule has 1 unspecified atom stereocenters. The van der Waals surface area contributed by atoms with Gasteiger partial charge in [0.2, 0.25) is 0 Å². The first-order valence-corrected chi connectivity index (χ1v) is 10.0. The van der Waals surface area contributed by atoms with E-state index in [4.69, 9.17) is 14.2 Å². The minimum atomic E-state index is -4.38. The molecule has 0 aliphatic heterocycles. The zero-order chi connectivity index (χ0) is 22.0. The zero-order valence-electron chi connectivity index (χ0n) is 17.4. The summed E-state index contributed by atoms with van der Waals surface area (Å²) in [7, 11) is 1.51. The number of benzene rings is 2. The number of aryl methyl sites for hydroxylation is 1. The molecular formula is C23H29F3O4. The van der Waals surface area contributed by atoms with Gasteiger partial charge in [0, 0.05) is 7.11 Å². The van der Waals surface area contributed by atoms with Gasteiger partial charge in [-0.05, 0) is 54.3 Å². The smallest absolute Gasteiger partial charge is 0.416 e. The molecule has 1 N–H and O–H groups in total. The van der Waals surface area contributed by atoms with E-state index in [1.807, 2.05) is 6.07 Å². The molecule has 0 aromatic heterocycles. The number of halogens is 3. The number of hydrogen-bond donors (Lipinski definition) is 1. The van der Waals surface area contributed by atoms with E-state index in [9.17, 15) is 18.3 Å². The van der Waals surface area contributed by atoms with Crippen LogP contribution in [0.3, 0.4) is 0 Å². The van der Waals surface area contributed by atoms with Crippen LogP contribution in [0.2, 0.25) is 0 Å². The van der Waals surface area contributed by atoms with E-state index in [0.29, 0.717) is 17.1 Å². The van der Waals surface area contributed by atoms with E-state index in [-0.39, 0.29) is 19.8 Å². The SMILES string of the molecule is CCCCCc1cc(OCc2cccc(C(F)(F)F)c2)ccc1OCC(O)COC. The Morgan fingerprint density at radius 3 is 2.50 bits per heavy atom. The van der Waals surface area contributed by atoms with Gasteiger partial charge in [0.25, 0.3) is 0 Å². The summed E-state index contributed by atoms with van der Waals surface area (Å²) in [4.78, 5) is 0. The van der Waals surface area contributed by atoms with E-state index in [1.54, 1.807) is 18.2 Å². The molecule has 1 atom stereocenters. The Balaban J connectivity index is 2.07. The number of ether oxygens (including phenoxy) is 3. The van der Waals surface area contributed by atoms with Crippen LogP contribution >= 0.6 is 0 Å². The molecule has 166 valence electrons. The van der Waals surface area contributed by atoms with Gasteiger partial charge in [0.15, 0.2) is 0 Å². The lowest BCUT2D eigenvalue weighted by atomic mass is 10.1. The van der Waals surface area contributed by atoms with Crippen molar-refractivity contribution in [3.8, 4) is 11.5 Å². The predicted molar refractivity (Wildman–Crippen MR) is 109 cm³/mol. The van der Waals surface area contributed by atoms with Crippen molar-refractivity contribution in [2.75, 3.05) is 20.3 Å². The van der Waals surface area contributed by atoms with E-state index < -0.39 is 17.8 Å². The summed E-state index contributed by atoms with van der Waals surface area (Å²) in [5, 5.41) is 9.81. The molecule has 0 saturated carbocycles. The molecule has 2 aromatic rings. The maximum Gasteiger partial charge on any atom is 0.416 e. The Morgan fingerprint density at radius 1 is 1.00 bits per heavy atom. The van der Waals surface area contributed by atoms with Crippen LogP contribution in [0.5, 0.6) is 11.5 Å². The highest BCUT2D eigenvalue weighted by Gasteiger charge is 2.30. The van der Waals surface area contributed by atoms with Gasteiger partial charge < -0.3 is 19.3 Å². The lowest BCUT2D eigenvalue weighted by Crippen LogP contribution is -2.22. The van der Waals surface area contributed by atoms with Crippen molar-refractivity contribution in [1.29, 1.82) is 0 Å². The molecule has 2 aromatic carbocycles. The molecule has 4 nitrogen and oxygen atoms in total. The van der Waals surface area contributed by atoms with Crippen molar-refractivity contribution >= 4 is 0 Å². The van der Waals surface area contributed by atoms with Crippen LogP contribution in [-0.4, -0.2) is 31.5 Å². The molecule has 0 heterocycles. The monoisotopic (exact) mass is 426 g/mol. The van der Waals surface area contributed by atoms with Crippen molar-refractivity contribution in [3.63, 3.8) is 0 Å². The highest BCUT2D eigenvalue weighted by Crippen LogP contribution is 2.30. The van der Waals surface area contributed by atoms with Crippen molar-refractivity contribution in [2.45, 2.75) is 51.5 Å². The van der Waals surface area contributed by atoms with Crippen molar-refractivity contribution in [2.24, 2.45) is 0 Å². The Hall–Kier alpha value is -2.25. The average molecular weight is 426 g/mol. The van der Waals surface area contributed by atoms with Crippen LogP contribution in [0.4, 0.5) is 13.2 Å². The molecule has 0 amide bonds. The van der Waals surface area contributed by atoms with Gasteiger partial charge in [-0.2, -0.15) is 13.2 Å². The normalized spacial score (nSPS) is 12.6. The van der Waals surface area contributed by atoms with Crippen LogP contribution in [-0.2, 0) is 23.9 Å². The molecule has 0 radical (unpaired) electrons. The summed E-state index contributed by atoms with van der Waals surface area (Å²) in [6.07, 6.45) is -1.20. The van der Waals surface area contributed by atoms with Gasteiger partial charge in [-0.25, -0.2) is 0 Å². The highest BCUT2D eigenvalue weighted by atomic mass is 19.4. The first-order chi connectivity index (χ1) is 14.3. The van der Waals surface area contributed by atoms with E-state index in [0.717, 1.165) is 43.4 Å². The summed E-state index contributed by atoms with van der Waals surface area (Å²) >= 11 is 0. The molecule has 2 rings (SSSR count). The first-order valence-electron chi connectivity index (χ1n) is 10.0. The van der Waals surface area contributed by atoms with Gasteiger partial charge in [-0.15, -0.1) is 0 Å². The summed E-state index contributed by atoms with van der Waals surface area (Å²) in [5.74, 6) is 1.22. The molecule has 0 aliphatic rings. The minimum absolute atomic E-state index is 0.0328. The second-order valence-corrected chi connectivity index (χ2v) is 7.13. The number of aliphatic hydroxyl groups excluding tert-OH is 1. The van der Waals surface area contributed by atoms with Crippen LogP contribution in [0.1, 0.15) is 42.9 Å². The fourth-order valence-electron chi connectivity index (χ4n) is 2.98. The van der Waals surface area contributed by atoms with Gasteiger partial charge in [-0.3, -0.25) is 0 Å². The number of aliphatic hydroxyl groups is 1. The number of rotatable bonds is 12. The molecule has 7 heteroatoms. The molecule has 0 aliphatic carbocycles. The largest absolute Gasteiger partial charge is 0.491 e. The van der Waals surface area contributed by atoms with E-state index >= 15 is 0 Å². The summed E-state index contributed by atoms with van der Waals surface area (Å²) < 4.78 is 55.0. The quantitative estimate of drug-likeness (QED) is 0.462. The number of methoxy groups -OCH3 is 1. The number of alkyl halides is 3. The zero-order valence-corrected chi connectivity index (χ0v) is 17.4. The van der Waals surface area contributed by atoms with Crippen LogP contribution in [0, 0.1) is 0 Å². The predicted octanol–water partition coefficient (Wildman–Crippen LogP) is 5.40. The number of hydrogen-bond acceptors (Lipinski definition) is 4. The van der Waals surface area contributed by atoms with Crippen LogP contribution in [0.25, 0.3) is 0 Å². The Morgan fingerprint density at radius 2 is 1.80 bits per heavy atom. The third-order valence-corrected chi connectivity index (χ3v) is 4.53. The van der Waals surface area contributed by atoms with Crippen molar-refractivity contribution in [1.82, 2.24) is 0 Å². The Labute approximate surface area is 175 Å². The van der Waals surface area contributed by atoms with Crippen LogP contribution < -0.4 is 9.47 Å². The maximum atomic E-state index is 12.9. The van der Waals surface area contributed by atoms with E-state index in [2.05, 4.69) is 6.92 Å². The van der Waals surface area contributed by atoms with Crippen molar-refractivity contribution < 1.29 is 32.5 Å². The third-order valence-electron chi connectivity index (χ3n) is 4.53. The third kappa shape index (κ3) is 7.88. The molecule has 0 fully saturated rings. The fraction of sp³-hybridized carbons (Fsp3) is 0.478. The Bertz CT molecular complexity index is 777. The summed E-state index contributed by atoms with van der Waals surface area (Å²) in [5.41, 5.74) is 0.692. The first kappa shape index (κ1) is 24.0. The number of unbranched alkanes of at least 4 members (excludes halogenated alkanes) is 2. The fourth-order valence-corrected chi connectivity index (χ4v) is 2.98. The summed E-state index contributed by atoms with van der Waals surface area (Å²) in [6, 6.07) is 10.4. The Kier molecular flexibility index (Phi) is 9.46. The standard InChI is InChI=1S/C23H29F3O4/c1-3-4-5-8-18-13-21(10-11-22(18)30-16-20(27)15-28-2)29-14-17-7-6-9-19(12-17)23(24,25)26/h6-7,9-13,20,27H,3-5,8,14-16H2,1-2H3. The lowest BCUT2D eigenvalue weighted by Gasteiger charge is -2.16. The minimum Gasteiger partial charge on any atom is -0.491 e. The molecule has 0 bridgehead atoms. The lowest BCUT2D eigenvalue weighted by molar-refractivity contribution is -0.137. The second kappa shape index (κ2) is 11.8. The molecular weight excluding hydrogens is 397 g/mol.